The zero-order chi connectivity index (χ0) is 11.1. The van der Waals surface area contributed by atoms with Crippen molar-refractivity contribution in [2.45, 2.75) is 31.8 Å². The van der Waals surface area contributed by atoms with Gasteiger partial charge in [-0.3, -0.25) is 0 Å². The van der Waals surface area contributed by atoms with Gasteiger partial charge < -0.3 is 9.84 Å². The summed E-state index contributed by atoms with van der Waals surface area (Å²) >= 11 is 6.21. The molecule has 15 heavy (non-hydrogen) atoms. The van der Waals surface area contributed by atoms with Crippen LogP contribution in [0.25, 0.3) is 0 Å². The number of halogens is 1. The Kier molecular flexibility index (Phi) is 2.65. The molecule has 0 aliphatic heterocycles. The van der Waals surface area contributed by atoms with Crippen LogP contribution in [0.2, 0.25) is 5.02 Å². The number of methoxy groups -OCH3 is 1. The summed E-state index contributed by atoms with van der Waals surface area (Å²) in [6.07, 6.45) is 2.38. The first kappa shape index (κ1) is 10.8. The number of hydrogen-bond donors (Lipinski definition) is 1. The first-order valence-electron chi connectivity index (χ1n) is 5.10. The lowest BCUT2D eigenvalue weighted by atomic mass is 10.0. The van der Waals surface area contributed by atoms with Crippen molar-refractivity contribution in [3.8, 4) is 5.75 Å². The molecule has 0 spiro atoms. The largest absolute Gasteiger partial charge is 0.495 e. The molecule has 1 aliphatic rings. The Labute approximate surface area is 94.8 Å². The fourth-order valence-electron chi connectivity index (χ4n) is 1.72. The molecule has 3 heteroatoms. The highest BCUT2D eigenvalue weighted by atomic mass is 35.5. The van der Waals surface area contributed by atoms with Gasteiger partial charge in [-0.2, -0.15) is 0 Å². The first-order chi connectivity index (χ1) is 7.06. The quantitative estimate of drug-likeness (QED) is 0.859. The third-order valence-corrected chi connectivity index (χ3v) is 3.41. The molecule has 0 heterocycles. The van der Waals surface area contributed by atoms with E-state index < -0.39 is 5.60 Å². The second-order valence-electron chi connectivity index (χ2n) is 4.28. The fourth-order valence-corrected chi connectivity index (χ4v) is 2.08. The minimum Gasteiger partial charge on any atom is -0.495 e. The van der Waals surface area contributed by atoms with Crippen LogP contribution in [0.15, 0.2) is 12.1 Å². The third kappa shape index (κ3) is 2.11. The van der Waals surface area contributed by atoms with Crippen molar-refractivity contribution in [1.29, 1.82) is 0 Å². The number of benzene rings is 1. The van der Waals surface area contributed by atoms with Crippen molar-refractivity contribution in [2.75, 3.05) is 7.11 Å². The van der Waals surface area contributed by atoms with Crippen LogP contribution in [-0.4, -0.2) is 17.8 Å². The number of aryl methyl sites for hydroxylation is 1. The predicted octanol–water partition coefficient (Wildman–Crippen LogP) is 2.72. The van der Waals surface area contributed by atoms with Crippen LogP contribution >= 0.6 is 11.6 Å². The molecule has 1 aliphatic carbocycles. The van der Waals surface area contributed by atoms with Crippen LogP contribution in [0.3, 0.4) is 0 Å². The Morgan fingerprint density at radius 3 is 2.67 bits per heavy atom. The van der Waals surface area contributed by atoms with Crippen LogP contribution in [0.1, 0.15) is 24.0 Å². The molecule has 0 atom stereocenters. The van der Waals surface area contributed by atoms with E-state index in [0.29, 0.717) is 17.2 Å². The van der Waals surface area contributed by atoms with Crippen molar-refractivity contribution in [3.63, 3.8) is 0 Å². The molecule has 1 fully saturated rings. The van der Waals surface area contributed by atoms with Gasteiger partial charge in [0, 0.05) is 6.42 Å². The highest BCUT2D eigenvalue weighted by Gasteiger charge is 2.41. The van der Waals surface area contributed by atoms with Gasteiger partial charge in [0.1, 0.15) is 5.75 Å². The molecule has 1 aromatic rings. The van der Waals surface area contributed by atoms with Crippen LogP contribution < -0.4 is 4.74 Å². The molecule has 2 rings (SSSR count). The monoisotopic (exact) mass is 226 g/mol. The maximum Gasteiger partial charge on any atom is 0.137 e. The summed E-state index contributed by atoms with van der Waals surface area (Å²) in [7, 11) is 1.60. The van der Waals surface area contributed by atoms with Gasteiger partial charge in [0.2, 0.25) is 0 Å². The molecule has 0 unspecified atom stereocenters. The molecule has 2 nitrogen and oxygen atoms in total. The highest BCUT2D eigenvalue weighted by Crippen LogP contribution is 2.42. The van der Waals surface area contributed by atoms with E-state index in [2.05, 4.69) is 0 Å². The molecular formula is C12H15ClO2. The van der Waals surface area contributed by atoms with Gasteiger partial charge in [-0.05, 0) is 37.0 Å². The molecule has 82 valence electrons. The zero-order valence-electron chi connectivity index (χ0n) is 9.01. The predicted molar refractivity (Wildman–Crippen MR) is 60.6 cm³/mol. The number of hydrogen-bond acceptors (Lipinski definition) is 2. The Balaban J connectivity index is 2.35. The Hall–Kier alpha value is -0.730. The van der Waals surface area contributed by atoms with E-state index in [1.807, 2.05) is 19.1 Å². The van der Waals surface area contributed by atoms with Crippen molar-refractivity contribution < 1.29 is 9.84 Å². The van der Waals surface area contributed by atoms with E-state index >= 15 is 0 Å². The molecule has 0 radical (unpaired) electrons. The standard InChI is InChI=1S/C12H15ClO2/c1-8-3-4-10(15-2)11(13)9(8)7-12(14)5-6-12/h3-4,14H,5-7H2,1-2H3. The smallest absolute Gasteiger partial charge is 0.137 e. The summed E-state index contributed by atoms with van der Waals surface area (Å²) < 4.78 is 5.16. The number of ether oxygens (including phenoxy) is 1. The van der Waals surface area contributed by atoms with E-state index in [-0.39, 0.29) is 0 Å². The van der Waals surface area contributed by atoms with Gasteiger partial charge >= 0.3 is 0 Å². The van der Waals surface area contributed by atoms with Gasteiger partial charge in [-0.15, -0.1) is 0 Å². The molecule has 0 saturated heterocycles. The van der Waals surface area contributed by atoms with Crippen molar-refractivity contribution in [1.82, 2.24) is 0 Å². The average molecular weight is 227 g/mol. The second kappa shape index (κ2) is 3.69. The maximum atomic E-state index is 9.90. The van der Waals surface area contributed by atoms with Crippen LogP contribution in [0.4, 0.5) is 0 Å². The fraction of sp³-hybridized carbons (Fsp3) is 0.500. The number of rotatable bonds is 3. The summed E-state index contributed by atoms with van der Waals surface area (Å²) in [6, 6.07) is 3.84. The summed E-state index contributed by atoms with van der Waals surface area (Å²) in [5.74, 6) is 0.682. The maximum absolute atomic E-state index is 9.90. The molecular weight excluding hydrogens is 212 g/mol. The molecule has 1 saturated carbocycles. The Morgan fingerprint density at radius 2 is 2.13 bits per heavy atom. The first-order valence-corrected chi connectivity index (χ1v) is 5.48. The normalized spacial score (nSPS) is 17.6. The van der Waals surface area contributed by atoms with Gasteiger partial charge in [0.25, 0.3) is 0 Å². The molecule has 1 N–H and O–H groups in total. The van der Waals surface area contributed by atoms with E-state index in [0.717, 1.165) is 24.0 Å². The number of aliphatic hydroxyl groups is 1. The summed E-state index contributed by atoms with van der Waals surface area (Å²) in [5.41, 5.74) is 1.61. The van der Waals surface area contributed by atoms with Crippen molar-refractivity contribution in [3.05, 3.63) is 28.3 Å². The van der Waals surface area contributed by atoms with Crippen LogP contribution in [0, 0.1) is 6.92 Å². The van der Waals surface area contributed by atoms with Gasteiger partial charge in [-0.1, -0.05) is 17.7 Å². The minimum absolute atomic E-state index is 0.513. The van der Waals surface area contributed by atoms with Crippen molar-refractivity contribution >= 4 is 11.6 Å². The van der Waals surface area contributed by atoms with Gasteiger partial charge in [0.05, 0.1) is 17.7 Å². The van der Waals surface area contributed by atoms with Crippen molar-refractivity contribution in [2.24, 2.45) is 0 Å². The van der Waals surface area contributed by atoms with Gasteiger partial charge in [0.15, 0.2) is 0 Å². The highest BCUT2D eigenvalue weighted by molar-refractivity contribution is 6.33. The summed E-state index contributed by atoms with van der Waals surface area (Å²) in [6.45, 7) is 2.01. The zero-order valence-corrected chi connectivity index (χ0v) is 9.77. The van der Waals surface area contributed by atoms with E-state index in [9.17, 15) is 5.11 Å². The second-order valence-corrected chi connectivity index (χ2v) is 4.66. The van der Waals surface area contributed by atoms with E-state index in [4.69, 9.17) is 16.3 Å². The van der Waals surface area contributed by atoms with E-state index in [1.54, 1.807) is 7.11 Å². The topological polar surface area (TPSA) is 29.5 Å². The molecule has 0 aromatic heterocycles. The van der Waals surface area contributed by atoms with Crippen LogP contribution in [-0.2, 0) is 6.42 Å². The molecule has 1 aromatic carbocycles. The lowest BCUT2D eigenvalue weighted by molar-refractivity contribution is 0.150. The lowest BCUT2D eigenvalue weighted by Gasteiger charge is -2.14. The average Bonchev–Trinajstić information content (AvgIpc) is 2.92. The molecule has 0 amide bonds. The van der Waals surface area contributed by atoms with E-state index in [1.165, 1.54) is 0 Å². The SMILES string of the molecule is COc1ccc(C)c(CC2(O)CC2)c1Cl. The lowest BCUT2D eigenvalue weighted by Crippen LogP contribution is -2.12. The van der Waals surface area contributed by atoms with Crippen LogP contribution in [0.5, 0.6) is 5.75 Å². The minimum atomic E-state index is -0.513. The Bertz CT molecular complexity index is 383. The van der Waals surface area contributed by atoms with Gasteiger partial charge in [-0.25, -0.2) is 0 Å². The Morgan fingerprint density at radius 1 is 1.47 bits per heavy atom. The summed E-state index contributed by atoms with van der Waals surface area (Å²) in [5, 5.41) is 10.5. The molecule has 0 bridgehead atoms. The third-order valence-electron chi connectivity index (χ3n) is 2.99. The summed E-state index contributed by atoms with van der Waals surface area (Å²) in [4.78, 5) is 0.